The summed E-state index contributed by atoms with van der Waals surface area (Å²) in [6, 6.07) is 6.62. The lowest BCUT2D eigenvalue weighted by Gasteiger charge is -2.58. The van der Waals surface area contributed by atoms with Gasteiger partial charge < -0.3 is 15.2 Å². The third-order valence-corrected chi connectivity index (χ3v) is 7.58. The van der Waals surface area contributed by atoms with Crippen LogP contribution in [0.15, 0.2) is 18.2 Å². The van der Waals surface area contributed by atoms with Crippen molar-refractivity contribution in [2.45, 2.75) is 57.1 Å². The van der Waals surface area contributed by atoms with Crippen LogP contribution in [-0.4, -0.2) is 37.2 Å². The second-order valence-corrected chi connectivity index (χ2v) is 9.18. The minimum Gasteiger partial charge on any atom is -0.494 e. The maximum atomic E-state index is 6.24. The van der Waals surface area contributed by atoms with Crippen molar-refractivity contribution in [1.82, 2.24) is 4.90 Å². The standard InChI is InChI=1S/C22H32N2O2/c1-25-21-13-19(2-3-20(21)23)26-18-4-6-24(7-5-18)22-16-9-14-8-15(11-16)12-17(22)10-14/h2-3,13-18,22H,4-12,23H2,1H3. The molecular weight excluding hydrogens is 324 g/mol. The summed E-state index contributed by atoms with van der Waals surface area (Å²) in [7, 11) is 1.65. The number of ether oxygens (including phenoxy) is 2. The van der Waals surface area contributed by atoms with Gasteiger partial charge in [0.1, 0.15) is 17.6 Å². The number of nitrogens with two attached hydrogens (primary N) is 1. The first-order chi connectivity index (χ1) is 12.7. The van der Waals surface area contributed by atoms with E-state index in [2.05, 4.69) is 4.90 Å². The number of methoxy groups -OCH3 is 1. The molecule has 4 bridgehead atoms. The summed E-state index contributed by atoms with van der Waals surface area (Å²) < 4.78 is 11.6. The lowest BCUT2D eigenvalue weighted by molar-refractivity contribution is -0.0773. The van der Waals surface area contributed by atoms with Crippen molar-refractivity contribution in [3.05, 3.63) is 18.2 Å². The highest BCUT2D eigenvalue weighted by Crippen LogP contribution is 2.55. The minimum atomic E-state index is 0.316. The molecular formula is C22H32N2O2. The van der Waals surface area contributed by atoms with Gasteiger partial charge in [-0.25, -0.2) is 0 Å². The zero-order valence-corrected chi connectivity index (χ0v) is 15.9. The van der Waals surface area contributed by atoms with Crippen LogP contribution in [0.5, 0.6) is 11.5 Å². The Bertz CT molecular complexity index is 626. The van der Waals surface area contributed by atoms with Gasteiger partial charge in [-0.1, -0.05) is 0 Å². The fraction of sp³-hybridized carbons (Fsp3) is 0.727. The highest BCUT2D eigenvalue weighted by atomic mass is 16.5. The van der Waals surface area contributed by atoms with Gasteiger partial charge in [0.2, 0.25) is 0 Å². The quantitative estimate of drug-likeness (QED) is 0.830. The molecule has 0 aromatic heterocycles. The topological polar surface area (TPSA) is 47.7 Å². The highest BCUT2D eigenvalue weighted by molar-refractivity contribution is 5.55. The van der Waals surface area contributed by atoms with Crippen molar-refractivity contribution in [2.75, 3.05) is 25.9 Å². The molecule has 4 heteroatoms. The van der Waals surface area contributed by atoms with Crippen molar-refractivity contribution in [1.29, 1.82) is 0 Å². The maximum absolute atomic E-state index is 6.24. The molecule has 0 unspecified atom stereocenters. The van der Waals surface area contributed by atoms with Crippen LogP contribution in [0, 0.1) is 23.7 Å². The van der Waals surface area contributed by atoms with E-state index in [-0.39, 0.29) is 0 Å². The van der Waals surface area contributed by atoms with E-state index >= 15 is 0 Å². The molecule has 26 heavy (non-hydrogen) atoms. The fourth-order valence-corrected chi connectivity index (χ4v) is 6.74. The smallest absolute Gasteiger partial charge is 0.145 e. The van der Waals surface area contributed by atoms with E-state index in [4.69, 9.17) is 15.2 Å². The Morgan fingerprint density at radius 3 is 2.23 bits per heavy atom. The number of likely N-dealkylation sites (tertiary alicyclic amines) is 1. The summed E-state index contributed by atoms with van der Waals surface area (Å²) in [5.41, 5.74) is 6.57. The molecule has 1 aromatic rings. The number of hydrogen-bond donors (Lipinski definition) is 1. The van der Waals surface area contributed by atoms with Gasteiger partial charge in [-0.3, -0.25) is 4.90 Å². The molecule has 1 aromatic carbocycles. The number of nitrogen functional groups attached to an aromatic ring is 1. The normalized spacial score (nSPS) is 37.0. The summed E-state index contributed by atoms with van der Waals surface area (Å²) in [5.74, 6) is 5.69. The molecule has 4 saturated carbocycles. The van der Waals surface area contributed by atoms with E-state index in [1.54, 1.807) is 13.5 Å². The molecule has 0 radical (unpaired) electrons. The summed E-state index contributed by atoms with van der Waals surface area (Å²) in [6.07, 6.45) is 10.2. The van der Waals surface area contributed by atoms with Crippen LogP contribution in [-0.2, 0) is 0 Å². The molecule has 0 spiro atoms. The Hall–Kier alpha value is -1.42. The number of piperidine rings is 1. The van der Waals surface area contributed by atoms with Crippen LogP contribution in [0.3, 0.4) is 0 Å². The predicted molar refractivity (Wildman–Crippen MR) is 103 cm³/mol. The van der Waals surface area contributed by atoms with Crippen LogP contribution < -0.4 is 15.2 Å². The summed E-state index contributed by atoms with van der Waals surface area (Å²) in [6.45, 7) is 2.40. The molecule has 1 saturated heterocycles. The second kappa shape index (κ2) is 6.63. The van der Waals surface area contributed by atoms with E-state index in [0.717, 1.165) is 48.3 Å². The molecule has 0 atom stereocenters. The first-order valence-corrected chi connectivity index (χ1v) is 10.5. The van der Waals surface area contributed by atoms with E-state index in [1.165, 1.54) is 38.8 Å². The van der Waals surface area contributed by atoms with Crippen LogP contribution in [0.4, 0.5) is 5.69 Å². The van der Waals surface area contributed by atoms with Gasteiger partial charge >= 0.3 is 0 Å². The van der Waals surface area contributed by atoms with Gasteiger partial charge in [0.15, 0.2) is 0 Å². The van der Waals surface area contributed by atoms with E-state index in [1.807, 2.05) is 18.2 Å². The Balaban J connectivity index is 1.19. The lowest BCUT2D eigenvalue weighted by Crippen LogP contribution is -2.58. The average molecular weight is 357 g/mol. The third kappa shape index (κ3) is 2.96. The molecule has 1 heterocycles. The molecule has 5 fully saturated rings. The first kappa shape index (κ1) is 16.7. The van der Waals surface area contributed by atoms with Gasteiger partial charge in [-0.15, -0.1) is 0 Å². The molecule has 5 aliphatic rings. The van der Waals surface area contributed by atoms with E-state index < -0.39 is 0 Å². The lowest BCUT2D eigenvalue weighted by atomic mass is 9.53. The number of nitrogens with zero attached hydrogens (tertiary/aromatic N) is 1. The summed E-state index contributed by atoms with van der Waals surface area (Å²) >= 11 is 0. The largest absolute Gasteiger partial charge is 0.494 e. The Kier molecular flexibility index (Phi) is 4.27. The van der Waals surface area contributed by atoms with Gasteiger partial charge in [-0.2, -0.15) is 0 Å². The molecule has 4 nitrogen and oxygen atoms in total. The van der Waals surface area contributed by atoms with Gasteiger partial charge in [0.25, 0.3) is 0 Å². The van der Waals surface area contributed by atoms with Gasteiger partial charge in [0.05, 0.1) is 12.8 Å². The zero-order valence-electron chi connectivity index (χ0n) is 15.9. The molecule has 4 aliphatic carbocycles. The van der Waals surface area contributed by atoms with Crippen molar-refractivity contribution in [3.8, 4) is 11.5 Å². The number of benzene rings is 1. The molecule has 142 valence electrons. The number of rotatable bonds is 4. The molecule has 2 N–H and O–H groups in total. The van der Waals surface area contributed by atoms with Gasteiger partial charge in [0, 0.05) is 25.2 Å². The number of anilines is 1. The highest BCUT2D eigenvalue weighted by Gasteiger charge is 2.50. The SMILES string of the molecule is COc1cc(OC2CCN(C3C4CC5CC(C4)CC3C5)CC2)ccc1N. The van der Waals surface area contributed by atoms with E-state index in [9.17, 15) is 0 Å². The van der Waals surface area contributed by atoms with Crippen molar-refractivity contribution in [3.63, 3.8) is 0 Å². The van der Waals surface area contributed by atoms with Crippen molar-refractivity contribution in [2.24, 2.45) is 23.7 Å². The predicted octanol–water partition coefficient (Wildman–Crippen LogP) is 3.95. The monoisotopic (exact) mass is 356 g/mol. The second-order valence-electron chi connectivity index (χ2n) is 9.18. The fourth-order valence-electron chi connectivity index (χ4n) is 6.74. The van der Waals surface area contributed by atoms with E-state index in [0.29, 0.717) is 17.5 Å². The average Bonchev–Trinajstić information content (AvgIpc) is 2.64. The number of hydrogen-bond acceptors (Lipinski definition) is 4. The minimum absolute atomic E-state index is 0.316. The van der Waals surface area contributed by atoms with Crippen molar-refractivity contribution >= 4 is 5.69 Å². The van der Waals surface area contributed by atoms with Crippen LogP contribution in [0.1, 0.15) is 44.9 Å². The Morgan fingerprint density at radius 1 is 0.962 bits per heavy atom. The third-order valence-electron chi connectivity index (χ3n) is 7.58. The molecule has 0 amide bonds. The molecule has 6 rings (SSSR count). The van der Waals surface area contributed by atoms with Crippen molar-refractivity contribution < 1.29 is 9.47 Å². The Labute approximate surface area is 157 Å². The molecule has 1 aliphatic heterocycles. The van der Waals surface area contributed by atoms with Crippen LogP contribution in [0.25, 0.3) is 0 Å². The van der Waals surface area contributed by atoms with Crippen LogP contribution in [0.2, 0.25) is 0 Å². The first-order valence-electron chi connectivity index (χ1n) is 10.5. The maximum Gasteiger partial charge on any atom is 0.145 e. The zero-order chi connectivity index (χ0) is 17.7. The Morgan fingerprint density at radius 2 is 1.62 bits per heavy atom. The summed E-state index contributed by atoms with van der Waals surface area (Å²) in [4.78, 5) is 2.83. The van der Waals surface area contributed by atoms with Gasteiger partial charge in [-0.05, 0) is 80.8 Å². The van der Waals surface area contributed by atoms with Crippen LogP contribution >= 0.6 is 0 Å². The summed E-state index contributed by atoms with van der Waals surface area (Å²) in [5, 5.41) is 0.